The zero-order valence-corrected chi connectivity index (χ0v) is 19.3. The van der Waals surface area contributed by atoms with Crippen molar-refractivity contribution in [1.82, 2.24) is 15.3 Å². The number of nitrogens with zero attached hydrogens (tertiary/aromatic N) is 1. The van der Waals surface area contributed by atoms with Crippen LogP contribution in [0, 0.1) is 5.92 Å². The highest BCUT2D eigenvalue weighted by molar-refractivity contribution is 7.91. The van der Waals surface area contributed by atoms with Gasteiger partial charge in [0, 0.05) is 11.1 Å². The fraction of sp³-hybridized carbons (Fsp3) is 0.348. The van der Waals surface area contributed by atoms with E-state index in [4.69, 9.17) is 4.74 Å². The van der Waals surface area contributed by atoms with Crippen molar-refractivity contribution in [1.29, 1.82) is 0 Å². The summed E-state index contributed by atoms with van der Waals surface area (Å²) in [6.07, 6.45) is 0. The third-order valence-corrected chi connectivity index (χ3v) is 6.55. The number of sulfone groups is 1. The van der Waals surface area contributed by atoms with Gasteiger partial charge in [0.1, 0.15) is 17.3 Å². The molecule has 1 heterocycles. The number of imidazole rings is 1. The molecule has 0 aliphatic rings. The minimum Gasteiger partial charge on any atom is -0.496 e. The highest BCUT2D eigenvalue weighted by Gasteiger charge is 2.26. The van der Waals surface area contributed by atoms with E-state index in [-0.39, 0.29) is 11.7 Å². The Labute approximate surface area is 187 Å². The number of aromatic nitrogens is 2. The average Bonchev–Trinajstić information content (AvgIpc) is 3.14. The van der Waals surface area contributed by atoms with Crippen LogP contribution in [0.25, 0.3) is 11.0 Å². The molecule has 0 bridgehead atoms. The van der Waals surface area contributed by atoms with Gasteiger partial charge in [-0.1, -0.05) is 26.0 Å². The summed E-state index contributed by atoms with van der Waals surface area (Å²) in [5.74, 6) is -1.01. The van der Waals surface area contributed by atoms with Crippen molar-refractivity contribution < 1.29 is 22.7 Å². The van der Waals surface area contributed by atoms with Gasteiger partial charge in [0.05, 0.1) is 29.9 Å². The number of H-pyrrole nitrogens is 1. The van der Waals surface area contributed by atoms with Crippen molar-refractivity contribution in [3.05, 3.63) is 59.4 Å². The first kappa shape index (κ1) is 23.5. The summed E-state index contributed by atoms with van der Waals surface area (Å²) >= 11 is 0. The number of para-hydroxylation sites is 2. The Kier molecular flexibility index (Phi) is 6.98. The van der Waals surface area contributed by atoms with Crippen LogP contribution in [0.2, 0.25) is 0 Å². The van der Waals surface area contributed by atoms with E-state index in [1.165, 1.54) is 20.1 Å². The number of methoxy groups -OCH3 is 1. The maximum absolute atomic E-state index is 12.8. The van der Waals surface area contributed by atoms with Crippen molar-refractivity contribution >= 4 is 32.6 Å². The molecule has 0 spiro atoms. The van der Waals surface area contributed by atoms with Gasteiger partial charge in [0.2, 0.25) is 5.91 Å². The fourth-order valence-corrected chi connectivity index (χ4v) is 4.77. The number of benzene rings is 2. The molecule has 1 aromatic heterocycles. The first-order valence-corrected chi connectivity index (χ1v) is 12.0. The predicted molar refractivity (Wildman–Crippen MR) is 122 cm³/mol. The summed E-state index contributed by atoms with van der Waals surface area (Å²) in [6.45, 7) is 5.24. The number of aromatic amines is 1. The van der Waals surface area contributed by atoms with Crippen LogP contribution >= 0.6 is 0 Å². The van der Waals surface area contributed by atoms with Crippen LogP contribution in [-0.2, 0) is 20.4 Å². The number of ether oxygens (including phenoxy) is 1. The minimum absolute atomic E-state index is 0.0189. The Morgan fingerprint density at radius 3 is 2.50 bits per heavy atom. The van der Waals surface area contributed by atoms with E-state index in [1.807, 2.05) is 38.1 Å². The van der Waals surface area contributed by atoms with Gasteiger partial charge in [0.25, 0.3) is 0 Å². The molecule has 0 saturated heterocycles. The lowest BCUT2D eigenvalue weighted by Gasteiger charge is -2.20. The summed E-state index contributed by atoms with van der Waals surface area (Å²) in [7, 11) is -2.40. The van der Waals surface area contributed by atoms with Crippen molar-refractivity contribution in [3.8, 4) is 5.75 Å². The predicted octanol–water partition coefficient (Wildman–Crippen LogP) is 3.20. The van der Waals surface area contributed by atoms with E-state index in [1.54, 1.807) is 12.1 Å². The molecule has 8 nitrogen and oxygen atoms in total. The third-order valence-electron chi connectivity index (χ3n) is 5.10. The second kappa shape index (κ2) is 9.52. The molecule has 0 aliphatic carbocycles. The van der Waals surface area contributed by atoms with Crippen LogP contribution < -0.4 is 10.1 Å². The summed E-state index contributed by atoms with van der Waals surface area (Å²) in [6, 6.07) is 11.7. The van der Waals surface area contributed by atoms with Crippen LogP contribution in [0.3, 0.4) is 0 Å². The molecule has 3 rings (SSSR count). The Bertz CT molecular complexity index is 1210. The number of nitrogens with one attached hydrogen (secondary N) is 2. The molecule has 1 amide bonds. The monoisotopic (exact) mass is 457 g/mol. The number of hydrogen-bond donors (Lipinski definition) is 2. The maximum Gasteiger partial charge on any atom is 0.235 e. The van der Waals surface area contributed by atoms with Crippen molar-refractivity contribution in [3.63, 3.8) is 0 Å². The first-order valence-electron chi connectivity index (χ1n) is 10.2. The van der Waals surface area contributed by atoms with Gasteiger partial charge in [0.15, 0.2) is 15.6 Å². The molecule has 1 unspecified atom stereocenters. The van der Waals surface area contributed by atoms with Crippen LogP contribution in [0.15, 0.2) is 42.5 Å². The summed E-state index contributed by atoms with van der Waals surface area (Å²) in [4.78, 5) is 32.1. The van der Waals surface area contributed by atoms with Gasteiger partial charge < -0.3 is 15.0 Å². The van der Waals surface area contributed by atoms with E-state index in [0.29, 0.717) is 22.7 Å². The van der Waals surface area contributed by atoms with Gasteiger partial charge in [-0.15, -0.1) is 0 Å². The number of ketones is 1. The molecule has 2 aromatic carbocycles. The number of hydrogen-bond acceptors (Lipinski definition) is 6. The van der Waals surface area contributed by atoms with E-state index in [2.05, 4.69) is 15.3 Å². The second-order valence-corrected chi connectivity index (χ2v) is 10.1. The number of carbonyl (C=O) groups is 2. The van der Waals surface area contributed by atoms with Crippen LogP contribution in [-0.4, -0.2) is 42.9 Å². The van der Waals surface area contributed by atoms with Crippen LogP contribution in [0.4, 0.5) is 0 Å². The van der Waals surface area contributed by atoms with Gasteiger partial charge in [-0.2, -0.15) is 0 Å². The molecule has 170 valence electrons. The number of rotatable bonds is 9. The normalized spacial score (nSPS) is 12.7. The van der Waals surface area contributed by atoms with Crippen molar-refractivity contribution in [2.24, 2.45) is 5.92 Å². The highest BCUT2D eigenvalue weighted by Crippen LogP contribution is 2.24. The molecule has 2 N–H and O–H groups in total. The zero-order valence-electron chi connectivity index (χ0n) is 18.5. The standard InChI is InChI=1S/C23H27N3O5S/c1-14(2)22(23-24-18-7-5-6-8-19(18)25-23)26-21(28)13-32(29,30)12-17-11-16(15(3)27)9-10-20(17)31-4/h5-11,14,22H,12-13H2,1-4H3,(H,24,25)(H,26,28). The molecule has 0 saturated carbocycles. The van der Waals surface area contributed by atoms with Crippen LogP contribution in [0.1, 0.15) is 48.6 Å². The summed E-state index contributed by atoms with van der Waals surface area (Å²) < 4.78 is 30.8. The number of carbonyl (C=O) groups excluding carboxylic acids is 2. The molecular formula is C23H27N3O5S. The summed E-state index contributed by atoms with van der Waals surface area (Å²) in [5.41, 5.74) is 2.33. The average molecular weight is 458 g/mol. The smallest absolute Gasteiger partial charge is 0.235 e. The highest BCUT2D eigenvalue weighted by atomic mass is 32.2. The molecule has 9 heteroatoms. The largest absolute Gasteiger partial charge is 0.496 e. The van der Waals surface area contributed by atoms with E-state index < -0.39 is 33.3 Å². The van der Waals surface area contributed by atoms with Gasteiger partial charge >= 0.3 is 0 Å². The number of fused-ring (bicyclic) bond motifs is 1. The van der Waals surface area contributed by atoms with Crippen LogP contribution in [0.5, 0.6) is 5.75 Å². The lowest BCUT2D eigenvalue weighted by Crippen LogP contribution is -2.36. The topological polar surface area (TPSA) is 118 Å². The quantitative estimate of drug-likeness (QED) is 0.477. The minimum atomic E-state index is -3.82. The maximum atomic E-state index is 12.8. The molecule has 1 atom stereocenters. The Balaban J connectivity index is 1.76. The van der Waals surface area contributed by atoms with Crippen molar-refractivity contribution in [2.45, 2.75) is 32.6 Å². The van der Waals surface area contributed by atoms with Crippen molar-refractivity contribution in [2.75, 3.05) is 12.9 Å². The Morgan fingerprint density at radius 1 is 1.16 bits per heavy atom. The molecule has 0 fully saturated rings. The Hall–Kier alpha value is -3.20. The molecular weight excluding hydrogens is 430 g/mol. The van der Waals surface area contributed by atoms with E-state index in [0.717, 1.165) is 11.0 Å². The van der Waals surface area contributed by atoms with E-state index >= 15 is 0 Å². The van der Waals surface area contributed by atoms with E-state index in [9.17, 15) is 18.0 Å². The van der Waals surface area contributed by atoms with Gasteiger partial charge in [-0.25, -0.2) is 13.4 Å². The lowest BCUT2D eigenvalue weighted by molar-refractivity contribution is -0.119. The molecule has 0 radical (unpaired) electrons. The molecule has 32 heavy (non-hydrogen) atoms. The Morgan fingerprint density at radius 2 is 1.88 bits per heavy atom. The second-order valence-electron chi connectivity index (χ2n) is 8.04. The van der Waals surface area contributed by atoms with Gasteiger partial charge in [-0.3, -0.25) is 9.59 Å². The fourth-order valence-electron chi connectivity index (χ4n) is 3.48. The molecule has 3 aromatic rings. The first-order chi connectivity index (χ1) is 15.1. The lowest BCUT2D eigenvalue weighted by atomic mass is 10.0. The third kappa shape index (κ3) is 5.53. The zero-order chi connectivity index (χ0) is 23.5. The number of Topliss-reactive ketones (excluding diaryl/α,β-unsaturated/α-hetero) is 1. The number of amides is 1. The SMILES string of the molecule is COc1ccc(C(C)=O)cc1CS(=O)(=O)CC(=O)NC(c1nc2ccccc2[nH]1)C(C)C. The molecule has 0 aliphatic heterocycles. The van der Waals surface area contributed by atoms with Gasteiger partial charge in [-0.05, 0) is 43.2 Å². The summed E-state index contributed by atoms with van der Waals surface area (Å²) in [5, 5.41) is 2.80.